The summed E-state index contributed by atoms with van der Waals surface area (Å²) in [6.07, 6.45) is 4.88. The predicted molar refractivity (Wildman–Crippen MR) is 106 cm³/mol. The van der Waals surface area contributed by atoms with Crippen LogP contribution >= 0.6 is 0 Å². The normalized spacial score (nSPS) is 10.5. The lowest BCUT2D eigenvalue weighted by Crippen LogP contribution is -2.17. The topological polar surface area (TPSA) is 86.1 Å². The molecule has 28 heavy (non-hydrogen) atoms. The molecule has 0 aliphatic carbocycles. The highest BCUT2D eigenvalue weighted by atomic mass is 16.5. The molecule has 7 heteroatoms. The minimum absolute atomic E-state index is 0.321. The van der Waals surface area contributed by atoms with E-state index >= 15 is 0 Å². The van der Waals surface area contributed by atoms with Gasteiger partial charge in [0.25, 0.3) is 5.91 Å². The zero-order chi connectivity index (χ0) is 19.9. The second-order valence-electron chi connectivity index (χ2n) is 6.23. The number of hydrogen-bond donors (Lipinski definition) is 1. The highest BCUT2D eigenvalue weighted by molar-refractivity contribution is 6.08. The highest BCUT2D eigenvalue weighted by Crippen LogP contribution is 2.19. The van der Waals surface area contributed by atoms with Crippen molar-refractivity contribution >= 4 is 17.6 Å². The van der Waals surface area contributed by atoms with E-state index in [4.69, 9.17) is 4.74 Å². The molecule has 3 rings (SSSR count). The molecule has 3 aromatic rings. The standard InChI is InChI=1S/C21H22N4O3/c1-3-4-13-28-21(27)16-9-5-6-10-18(16)24-20(26)17-14-23-25(15(17)2)19-11-7-8-12-22-19/h5-12,14H,3-4,13H2,1-2H3,(H,24,26). The van der Waals surface area contributed by atoms with Crippen molar-refractivity contribution in [3.8, 4) is 5.82 Å². The van der Waals surface area contributed by atoms with Gasteiger partial charge >= 0.3 is 5.97 Å². The third-order valence-electron chi connectivity index (χ3n) is 4.25. The number of esters is 1. The van der Waals surface area contributed by atoms with E-state index in [2.05, 4.69) is 15.4 Å². The molecule has 0 aliphatic rings. The van der Waals surface area contributed by atoms with E-state index in [9.17, 15) is 9.59 Å². The first kappa shape index (κ1) is 19.3. The van der Waals surface area contributed by atoms with Crippen molar-refractivity contribution in [2.24, 2.45) is 0 Å². The van der Waals surface area contributed by atoms with Crippen molar-refractivity contribution in [3.05, 3.63) is 71.7 Å². The largest absolute Gasteiger partial charge is 0.462 e. The molecule has 144 valence electrons. The molecule has 2 aromatic heterocycles. The first-order valence-electron chi connectivity index (χ1n) is 9.15. The van der Waals surface area contributed by atoms with Crippen molar-refractivity contribution in [1.82, 2.24) is 14.8 Å². The monoisotopic (exact) mass is 378 g/mol. The van der Waals surface area contributed by atoms with Gasteiger partial charge in [0.15, 0.2) is 5.82 Å². The lowest BCUT2D eigenvalue weighted by Gasteiger charge is -2.11. The zero-order valence-corrected chi connectivity index (χ0v) is 15.9. The quantitative estimate of drug-likeness (QED) is 0.499. The minimum atomic E-state index is -0.453. The summed E-state index contributed by atoms with van der Waals surface area (Å²) in [5.41, 5.74) is 1.78. The van der Waals surface area contributed by atoms with Crippen molar-refractivity contribution in [1.29, 1.82) is 0 Å². The molecule has 0 unspecified atom stereocenters. The Morgan fingerprint density at radius 2 is 1.89 bits per heavy atom. The summed E-state index contributed by atoms with van der Waals surface area (Å²) in [7, 11) is 0. The number of amides is 1. The second-order valence-corrected chi connectivity index (χ2v) is 6.23. The first-order chi connectivity index (χ1) is 13.6. The summed E-state index contributed by atoms with van der Waals surface area (Å²) >= 11 is 0. The lowest BCUT2D eigenvalue weighted by atomic mass is 10.1. The van der Waals surface area contributed by atoms with Crippen LogP contribution in [0, 0.1) is 6.92 Å². The van der Waals surface area contributed by atoms with Crippen LogP contribution in [-0.4, -0.2) is 33.2 Å². The average molecular weight is 378 g/mol. The molecule has 0 spiro atoms. The zero-order valence-electron chi connectivity index (χ0n) is 15.9. The second kappa shape index (κ2) is 8.94. The van der Waals surface area contributed by atoms with Crippen LogP contribution < -0.4 is 5.32 Å². The third kappa shape index (κ3) is 4.25. The number of carbonyl (C=O) groups excluding carboxylic acids is 2. The van der Waals surface area contributed by atoms with Crippen LogP contribution in [0.15, 0.2) is 54.9 Å². The number of carbonyl (C=O) groups is 2. The van der Waals surface area contributed by atoms with Gasteiger partial charge in [-0.15, -0.1) is 0 Å². The fourth-order valence-corrected chi connectivity index (χ4v) is 2.69. The molecular weight excluding hydrogens is 356 g/mol. The van der Waals surface area contributed by atoms with Crippen molar-refractivity contribution < 1.29 is 14.3 Å². The van der Waals surface area contributed by atoms with Gasteiger partial charge in [-0.3, -0.25) is 4.79 Å². The van der Waals surface area contributed by atoms with E-state index in [1.807, 2.05) is 25.1 Å². The Morgan fingerprint density at radius 1 is 1.11 bits per heavy atom. The van der Waals surface area contributed by atoms with E-state index in [0.29, 0.717) is 34.9 Å². The van der Waals surface area contributed by atoms with Crippen LogP contribution in [0.3, 0.4) is 0 Å². The van der Waals surface area contributed by atoms with Gasteiger partial charge in [-0.25, -0.2) is 14.5 Å². The van der Waals surface area contributed by atoms with Gasteiger partial charge in [0.1, 0.15) is 0 Å². The molecule has 1 amide bonds. The Kier molecular flexibility index (Phi) is 6.16. The van der Waals surface area contributed by atoms with E-state index in [0.717, 1.165) is 12.8 Å². The number of para-hydroxylation sites is 1. The van der Waals surface area contributed by atoms with Gasteiger partial charge in [-0.2, -0.15) is 5.10 Å². The maximum atomic E-state index is 12.8. The van der Waals surface area contributed by atoms with Crippen LogP contribution in [0.4, 0.5) is 5.69 Å². The third-order valence-corrected chi connectivity index (χ3v) is 4.25. The Labute approximate surface area is 163 Å². The molecule has 0 saturated heterocycles. The van der Waals surface area contributed by atoms with Crippen molar-refractivity contribution in [3.63, 3.8) is 0 Å². The maximum Gasteiger partial charge on any atom is 0.340 e. The summed E-state index contributed by atoms with van der Waals surface area (Å²) in [6.45, 7) is 4.17. The molecule has 0 aliphatic heterocycles. The van der Waals surface area contributed by atoms with Gasteiger partial charge in [-0.1, -0.05) is 31.5 Å². The number of nitrogens with zero attached hydrogens (tertiary/aromatic N) is 3. The summed E-state index contributed by atoms with van der Waals surface area (Å²) in [4.78, 5) is 29.3. The summed E-state index contributed by atoms with van der Waals surface area (Å²) in [5, 5.41) is 7.05. The molecule has 0 saturated carbocycles. The van der Waals surface area contributed by atoms with Crippen molar-refractivity contribution in [2.45, 2.75) is 26.7 Å². The molecule has 1 aromatic carbocycles. The molecule has 0 radical (unpaired) electrons. The van der Waals surface area contributed by atoms with E-state index in [-0.39, 0.29) is 5.91 Å². The van der Waals surface area contributed by atoms with Crippen molar-refractivity contribution in [2.75, 3.05) is 11.9 Å². The van der Waals surface area contributed by atoms with Crippen LogP contribution in [0.1, 0.15) is 46.2 Å². The summed E-state index contributed by atoms with van der Waals surface area (Å²) in [5.74, 6) is -0.183. The molecule has 1 N–H and O–H groups in total. The Balaban J connectivity index is 1.79. The Bertz CT molecular complexity index is 967. The van der Waals surface area contributed by atoms with Crippen LogP contribution in [0.5, 0.6) is 0 Å². The van der Waals surface area contributed by atoms with Crippen LogP contribution in [0.25, 0.3) is 5.82 Å². The Hall–Kier alpha value is -3.48. The minimum Gasteiger partial charge on any atom is -0.462 e. The molecule has 7 nitrogen and oxygen atoms in total. The van der Waals surface area contributed by atoms with Crippen LogP contribution in [-0.2, 0) is 4.74 Å². The number of ether oxygens (including phenoxy) is 1. The molecule has 2 heterocycles. The average Bonchev–Trinajstić information content (AvgIpc) is 3.10. The molecule has 0 fully saturated rings. The fraction of sp³-hybridized carbons (Fsp3) is 0.238. The molecule has 0 bridgehead atoms. The fourth-order valence-electron chi connectivity index (χ4n) is 2.69. The first-order valence-corrected chi connectivity index (χ1v) is 9.15. The number of nitrogens with one attached hydrogen (secondary N) is 1. The smallest absolute Gasteiger partial charge is 0.340 e. The number of pyridine rings is 1. The molecular formula is C21H22N4O3. The summed E-state index contributed by atoms with van der Waals surface area (Å²) in [6, 6.07) is 12.3. The lowest BCUT2D eigenvalue weighted by molar-refractivity contribution is 0.0501. The number of unbranched alkanes of at least 4 members (excludes halogenated alkanes) is 1. The van der Waals surface area contributed by atoms with Gasteiger partial charge < -0.3 is 10.1 Å². The molecule has 0 atom stereocenters. The number of rotatable bonds is 7. The number of benzene rings is 1. The maximum absolute atomic E-state index is 12.8. The van der Waals surface area contributed by atoms with E-state index in [1.165, 1.54) is 6.20 Å². The van der Waals surface area contributed by atoms with Gasteiger partial charge in [0.05, 0.1) is 35.3 Å². The number of anilines is 1. The van der Waals surface area contributed by atoms with E-state index in [1.54, 1.807) is 42.1 Å². The number of hydrogen-bond acceptors (Lipinski definition) is 5. The number of aromatic nitrogens is 3. The van der Waals surface area contributed by atoms with Gasteiger partial charge in [-0.05, 0) is 37.6 Å². The summed E-state index contributed by atoms with van der Waals surface area (Å²) < 4.78 is 6.86. The highest BCUT2D eigenvalue weighted by Gasteiger charge is 2.19. The Morgan fingerprint density at radius 3 is 2.64 bits per heavy atom. The predicted octanol–water partition coefficient (Wildman–Crippen LogP) is 3.78. The van der Waals surface area contributed by atoms with Gasteiger partial charge in [0, 0.05) is 6.20 Å². The SMILES string of the molecule is CCCCOC(=O)c1ccccc1NC(=O)c1cnn(-c2ccccn2)c1C. The van der Waals surface area contributed by atoms with E-state index < -0.39 is 5.97 Å². The van der Waals surface area contributed by atoms with Crippen LogP contribution in [0.2, 0.25) is 0 Å². The van der Waals surface area contributed by atoms with Gasteiger partial charge in [0.2, 0.25) is 0 Å².